The lowest BCUT2D eigenvalue weighted by Crippen LogP contribution is -2.49. The lowest BCUT2D eigenvalue weighted by molar-refractivity contribution is -0.132. The van der Waals surface area contributed by atoms with Crippen molar-refractivity contribution in [2.45, 2.75) is 13.2 Å². The van der Waals surface area contributed by atoms with Gasteiger partial charge in [0.15, 0.2) is 5.75 Å². The number of rotatable bonds is 6. The molecule has 0 aliphatic carbocycles. The minimum atomic E-state index is -0.325. The van der Waals surface area contributed by atoms with Crippen molar-refractivity contribution >= 4 is 11.6 Å². The second-order valence-corrected chi connectivity index (χ2v) is 6.52. The summed E-state index contributed by atoms with van der Waals surface area (Å²) in [5.74, 6) is 0.890. The Bertz CT molecular complexity index is 888. The summed E-state index contributed by atoms with van der Waals surface area (Å²) >= 11 is 0. The first-order chi connectivity index (χ1) is 13.6. The van der Waals surface area contributed by atoms with Crippen molar-refractivity contribution < 1.29 is 19.4 Å². The number of hydrogen-bond acceptors (Lipinski definition) is 6. The van der Waals surface area contributed by atoms with Crippen LogP contribution in [0.25, 0.3) is 0 Å². The lowest BCUT2D eigenvalue weighted by atomic mass is 10.2. The van der Waals surface area contributed by atoms with Crippen LogP contribution in [-0.4, -0.2) is 60.9 Å². The number of ether oxygens (including phenoxy) is 2. The molecule has 3 rings (SSSR count). The molecule has 0 spiro atoms. The molecule has 8 nitrogen and oxygen atoms in total. The van der Waals surface area contributed by atoms with Crippen molar-refractivity contribution in [1.82, 2.24) is 9.47 Å². The molecule has 1 aliphatic rings. The van der Waals surface area contributed by atoms with Gasteiger partial charge < -0.3 is 28.9 Å². The molecule has 1 N–H and O–H groups in total. The van der Waals surface area contributed by atoms with Gasteiger partial charge in [-0.25, -0.2) is 0 Å². The van der Waals surface area contributed by atoms with E-state index in [0.29, 0.717) is 31.9 Å². The number of aliphatic hydroxyl groups excluding tert-OH is 1. The summed E-state index contributed by atoms with van der Waals surface area (Å²) in [7, 11) is 3.05. The SMILES string of the molecule is COc1ccccc1N1CCN(C(=O)Cn2cc(OC)c(=O)cc2CO)CC1. The van der Waals surface area contributed by atoms with Gasteiger partial charge in [0.05, 0.1) is 32.7 Å². The van der Waals surface area contributed by atoms with E-state index >= 15 is 0 Å². The molecular weight excluding hydrogens is 362 g/mol. The Morgan fingerprint density at radius 1 is 1.07 bits per heavy atom. The standard InChI is InChI=1S/C20H25N3O5/c1-27-18-6-4-3-5-16(18)21-7-9-22(10-8-21)20(26)13-23-12-19(28-2)17(25)11-15(23)14-24/h3-6,11-12,24H,7-10,13-14H2,1-2H3. The maximum Gasteiger partial charge on any atom is 0.242 e. The van der Waals surface area contributed by atoms with Gasteiger partial charge in [-0.15, -0.1) is 0 Å². The van der Waals surface area contributed by atoms with Gasteiger partial charge in [0.1, 0.15) is 12.3 Å². The van der Waals surface area contributed by atoms with E-state index in [1.54, 1.807) is 16.6 Å². The van der Waals surface area contributed by atoms with Crippen molar-refractivity contribution in [3.8, 4) is 11.5 Å². The summed E-state index contributed by atoms with van der Waals surface area (Å²) in [6.45, 7) is 2.29. The molecule has 8 heteroatoms. The fraction of sp³-hybridized carbons (Fsp3) is 0.400. The van der Waals surface area contributed by atoms with Crippen LogP contribution in [0.2, 0.25) is 0 Å². The molecule has 1 aromatic carbocycles. The number of anilines is 1. The first kappa shape index (κ1) is 19.8. The maximum atomic E-state index is 12.7. The number of hydrogen-bond donors (Lipinski definition) is 1. The average Bonchev–Trinajstić information content (AvgIpc) is 2.74. The Labute approximate surface area is 163 Å². The van der Waals surface area contributed by atoms with E-state index in [9.17, 15) is 14.7 Å². The number of nitrogens with zero attached hydrogens (tertiary/aromatic N) is 3. The first-order valence-corrected chi connectivity index (χ1v) is 9.11. The lowest BCUT2D eigenvalue weighted by Gasteiger charge is -2.36. The minimum Gasteiger partial charge on any atom is -0.495 e. The summed E-state index contributed by atoms with van der Waals surface area (Å²) in [4.78, 5) is 28.6. The summed E-state index contributed by atoms with van der Waals surface area (Å²) in [6, 6.07) is 9.13. The van der Waals surface area contributed by atoms with Gasteiger partial charge in [-0.1, -0.05) is 12.1 Å². The van der Waals surface area contributed by atoms with E-state index in [2.05, 4.69) is 4.90 Å². The molecule has 28 heavy (non-hydrogen) atoms. The minimum absolute atomic E-state index is 0.0428. The van der Waals surface area contributed by atoms with Gasteiger partial charge in [-0.2, -0.15) is 0 Å². The predicted molar refractivity (Wildman–Crippen MR) is 105 cm³/mol. The number of pyridine rings is 1. The Morgan fingerprint density at radius 3 is 2.39 bits per heavy atom. The molecule has 1 aromatic heterocycles. The second kappa shape index (κ2) is 8.79. The molecular formula is C20H25N3O5. The van der Waals surface area contributed by atoms with Crippen LogP contribution in [-0.2, 0) is 17.9 Å². The van der Waals surface area contributed by atoms with Crippen molar-refractivity contribution in [3.05, 3.63) is 52.4 Å². The fourth-order valence-electron chi connectivity index (χ4n) is 3.36. The molecule has 0 saturated carbocycles. The molecule has 0 bridgehead atoms. The number of carbonyl (C=O) groups is 1. The van der Waals surface area contributed by atoms with E-state index in [-0.39, 0.29) is 30.2 Å². The molecule has 2 heterocycles. The van der Waals surface area contributed by atoms with Crippen LogP contribution in [0.15, 0.2) is 41.3 Å². The van der Waals surface area contributed by atoms with Gasteiger partial charge in [0.2, 0.25) is 11.3 Å². The number of piperazine rings is 1. The van der Waals surface area contributed by atoms with Gasteiger partial charge in [-0.3, -0.25) is 9.59 Å². The number of amides is 1. The van der Waals surface area contributed by atoms with Crippen molar-refractivity contribution in [2.24, 2.45) is 0 Å². The highest BCUT2D eigenvalue weighted by molar-refractivity contribution is 5.76. The van der Waals surface area contributed by atoms with Gasteiger partial charge in [-0.05, 0) is 12.1 Å². The van der Waals surface area contributed by atoms with Crippen LogP contribution in [0.4, 0.5) is 5.69 Å². The summed E-state index contributed by atoms with van der Waals surface area (Å²) in [5.41, 5.74) is 1.08. The molecule has 1 amide bonds. The largest absolute Gasteiger partial charge is 0.495 e. The molecule has 0 atom stereocenters. The predicted octanol–water partition coefficient (Wildman–Crippen LogP) is 0.707. The number of carbonyl (C=O) groups excluding carboxylic acids is 1. The molecule has 1 aliphatic heterocycles. The number of benzene rings is 1. The van der Waals surface area contributed by atoms with Crippen LogP contribution in [0.1, 0.15) is 5.69 Å². The molecule has 150 valence electrons. The molecule has 2 aromatic rings. The molecule has 0 unspecified atom stereocenters. The zero-order chi connectivity index (χ0) is 20.1. The van der Waals surface area contributed by atoms with Crippen LogP contribution in [0.3, 0.4) is 0 Å². The maximum absolute atomic E-state index is 12.7. The van der Waals surface area contributed by atoms with Crippen LogP contribution >= 0.6 is 0 Å². The zero-order valence-electron chi connectivity index (χ0n) is 16.1. The molecule has 1 fully saturated rings. The first-order valence-electron chi connectivity index (χ1n) is 9.11. The third-order valence-electron chi connectivity index (χ3n) is 4.93. The van der Waals surface area contributed by atoms with E-state index < -0.39 is 0 Å². The number of aliphatic hydroxyl groups is 1. The van der Waals surface area contributed by atoms with E-state index in [0.717, 1.165) is 11.4 Å². The number of aromatic nitrogens is 1. The summed E-state index contributed by atoms with van der Waals surface area (Å²) in [5, 5.41) is 9.50. The Balaban J connectivity index is 1.67. The van der Waals surface area contributed by atoms with Crippen molar-refractivity contribution in [2.75, 3.05) is 45.3 Å². The molecule has 1 saturated heterocycles. The Hall–Kier alpha value is -3.00. The monoisotopic (exact) mass is 387 g/mol. The van der Waals surface area contributed by atoms with E-state index in [4.69, 9.17) is 9.47 Å². The number of para-hydroxylation sites is 2. The van der Waals surface area contributed by atoms with Gasteiger partial charge >= 0.3 is 0 Å². The normalized spacial score (nSPS) is 14.1. The van der Waals surface area contributed by atoms with Crippen molar-refractivity contribution in [3.63, 3.8) is 0 Å². The van der Waals surface area contributed by atoms with Gasteiger partial charge in [0, 0.05) is 37.9 Å². The van der Waals surface area contributed by atoms with Crippen molar-refractivity contribution in [1.29, 1.82) is 0 Å². The average molecular weight is 387 g/mol. The smallest absolute Gasteiger partial charge is 0.242 e. The Kier molecular flexibility index (Phi) is 6.20. The highest BCUT2D eigenvalue weighted by atomic mass is 16.5. The molecule has 0 radical (unpaired) electrons. The zero-order valence-corrected chi connectivity index (χ0v) is 16.1. The van der Waals surface area contributed by atoms with E-state index in [1.807, 2.05) is 24.3 Å². The van der Waals surface area contributed by atoms with Crippen LogP contribution in [0, 0.1) is 0 Å². The topological polar surface area (TPSA) is 84.2 Å². The Morgan fingerprint density at radius 2 is 1.75 bits per heavy atom. The fourth-order valence-corrected chi connectivity index (χ4v) is 3.36. The van der Waals surface area contributed by atoms with Crippen LogP contribution in [0.5, 0.6) is 11.5 Å². The number of methoxy groups -OCH3 is 2. The summed E-state index contributed by atoms with van der Waals surface area (Å²) in [6.07, 6.45) is 1.47. The highest BCUT2D eigenvalue weighted by Crippen LogP contribution is 2.28. The third kappa shape index (κ3) is 4.12. The van der Waals surface area contributed by atoms with Gasteiger partial charge in [0.25, 0.3) is 0 Å². The van der Waals surface area contributed by atoms with Crippen LogP contribution < -0.4 is 19.8 Å². The highest BCUT2D eigenvalue weighted by Gasteiger charge is 2.23. The second-order valence-electron chi connectivity index (χ2n) is 6.52. The van der Waals surface area contributed by atoms with E-state index in [1.165, 1.54) is 19.4 Å². The summed E-state index contributed by atoms with van der Waals surface area (Å²) < 4.78 is 12.0. The quantitative estimate of drug-likeness (QED) is 0.786. The third-order valence-corrected chi connectivity index (χ3v) is 4.93.